The van der Waals surface area contributed by atoms with Gasteiger partial charge in [0.1, 0.15) is 0 Å². The Labute approximate surface area is 108 Å². The van der Waals surface area contributed by atoms with Crippen molar-refractivity contribution in [1.29, 1.82) is 0 Å². The van der Waals surface area contributed by atoms with Gasteiger partial charge in [0.15, 0.2) is 6.79 Å². The van der Waals surface area contributed by atoms with Crippen LogP contribution in [-0.2, 0) is 14.3 Å². The van der Waals surface area contributed by atoms with Gasteiger partial charge in [-0.3, -0.25) is 4.79 Å². The number of rotatable bonds is 6. The van der Waals surface area contributed by atoms with Crippen LogP contribution >= 0.6 is 0 Å². The van der Waals surface area contributed by atoms with Gasteiger partial charge in [0.05, 0.1) is 5.60 Å². The molecule has 0 aromatic rings. The van der Waals surface area contributed by atoms with E-state index in [0.717, 1.165) is 19.4 Å². The Kier molecular flexibility index (Phi) is 5.40. The van der Waals surface area contributed by atoms with Gasteiger partial charge < -0.3 is 19.7 Å². The molecule has 0 unspecified atom stereocenters. The van der Waals surface area contributed by atoms with E-state index in [2.05, 4.69) is 5.32 Å². The highest BCUT2D eigenvalue weighted by atomic mass is 16.7. The normalized spacial score (nSPS) is 15.9. The second-order valence-corrected chi connectivity index (χ2v) is 4.94. The van der Waals surface area contributed by atoms with E-state index in [1.54, 1.807) is 0 Å². The van der Waals surface area contributed by atoms with E-state index in [9.17, 15) is 9.59 Å². The summed E-state index contributed by atoms with van der Waals surface area (Å²) in [5.74, 6) is 0.215. The van der Waals surface area contributed by atoms with Crippen LogP contribution in [0.15, 0.2) is 0 Å². The fraction of sp³-hybridized carbons (Fsp3) is 0.833. The molecule has 0 aromatic carbocycles. The van der Waals surface area contributed by atoms with Crippen molar-refractivity contribution in [3.8, 4) is 0 Å². The van der Waals surface area contributed by atoms with Crippen molar-refractivity contribution in [3.63, 3.8) is 0 Å². The summed E-state index contributed by atoms with van der Waals surface area (Å²) < 4.78 is 10.2. The average Bonchev–Trinajstić information content (AvgIpc) is 2.72. The van der Waals surface area contributed by atoms with Crippen molar-refractivity contribution < 1.29 is 19.1 Å². The summed E-state index contributed by atoms with van der Waals surface area (Å²) in [6.45, 7) is 5.28. The van der Waals surface area contributed by atoms with E-state index >= 15 is 0 Å². The molecule has 1 aliphatic rings. The summed E-state index contributed by atoms with van der Waals surface area (Å²) in [4.78, 5) is 24.1. The number of nitrogens with one attached hydrogen (secondary N) is 1. The molecule has 0 spiro atoms. The topological polar surface area (TPSA) is 67.9 Å². The molecule has 6 nitrogen and oxygen atoms in total. The van der Waals surface area contributed by atoms with Crippen LogP contribution in [0, 0.1) is 0 Å². The molecule has 0 saturated carbocycles. The van der Waals surface area contributed by atoms with Gasteiger partial charge in [0.2, 0.25) is 5.91 Å². The number of nitrogens with zero attached hydrogens (tertiary/aromatic N) is 1. The minimum atomic E-state index is -0.513. The van der Waals surface area contributed by atoms with E-state index in [0.29, 0.717) is 13.0 Å². The first-order valence-electron chi connectivity index (χ1n) is 6.21. The van der Waals surface area contributed by atoms with Crippen LogP contribution in [0.1, 0.15) is 33.1 Å². The highest BCUT2D eigenvalue weighted by Crippen LogP contribution is 2.18. The van der Waals surface area contributed by atoms with Gasteiger partial charge in [0.25, 0.3) is 0 Å². The molecule has 1 heterocycles. The van der Waals surface area contributed by atoms with Gasteiger partial charge in [-0.2, -0.15) is 0 Å². The largest absolute Gasteiger partial charge is 0.422 e. The third-order valence-corrected chi connectivity index (χ3v) is 3.00. The first-order chi connectivity index (χ1) is 8.44. The maximum atomic E-state index is 11.4. The van der Waals surface area contributed by atoms with Crippen LogP contribution in [0.5, 0.6) is 0 Å². The summed E-state index contributed by atoms with van der Waals surface area (Å²) in [6, 6.07) is 0. The maximum Gasteiger partial charge on any atom is 0.408 e. The van der Waals surface area contributed by atoms with Crippen LogP contribution in [-0.4, -0.2) is 49.4 Å². The lowest BCUT2D eigenvalue weighted by molar-refractivity contribution is -0.130. The summed E-state index contributed by atoms with van der Waals surface area (Å²) in [5, 5.41) is 2.34. The molecule has 0 atom stereocenters. The molecule has 0 aliphatic carbocycles. The zero-order valence-corrected chi connectivity index (χ0v) is 11.3. The van der Waals surface area contributed by atoms with Crippen LogP contribution in [0.25, 0.3) is 0 Å². The molecule has 1 saturated heterocycles. The Morgan fingerprint density at radius 3 is 2.78 bits per heavy atom. The second kappa shape index (κ2) is 6.58. The van der Waals surface area contributed by atoms with E-state index in [1.807, 2.05) is 18.7 Å². The molecular weight excluding hydrogens is 236 g/mol. The molecule has 0 aromatic heterocycles. The van der Waals surface area contributed by atoms with E-state index in [1.165, 1.54) is 7.05 Å². The predicted molar refractivity (Wildman–Crippen MR) is 66.0 cm³/mol. The maximum absolute atomic E-state index is 11.4. The highest BCUT2D eigenvalue weighted by Gasteiger charge is 2.25. The molecule has 2 amide bonds. The second-order valence-electron chi connectivity index (χ2n) is 4.94. The van der Waals surface area contributed by atoms with Gasteiger partial charge in [-0.15, -0.1) is 0 Å². The number of hydrogen-bond donors (Lipinski definition) is 1. The number of carbonyl (C=O) groups is 2. The van der Waals surface area contributed by atoms with Crippen LogP contribution in [0.4, 0.5) is 4.79 Å². The Morgan fingerprint density at radius 1 is 1.50 bits per heavy atom. The molecule has 1 aliphatic heterocycles. The van der Waals surface area contributed by atoms with Gasteiger partial charge in [-0.1, -0.05) is 0 Å². The van der Waals surface area contributed by atoms with Crippen molar-refractivity contribution in [2.45, 2.75) is 38.7 Å². The lowest BCUT2D eigenvalue weighted by Crippen LogP contribution is -2.34. The van der Waals surface area contributed by atoms with E-state index in [-0.39, 0.29) is 12.7 Å². The van der Waals surface area contributed by atoms with Crippen LogP contribution in [0.2, 0.25) is 0 Å². The standard InChI is InChI=1S/C12H22N2O4/c1-12(2,18-9-17-11(16)13-3)6-8-14-7-4-5-10(14)15/h4-9H2,1-3H3,(H,13,16). The SMILES string of the molecule is CNC(=O)OCOC(C)(C)CCN1CCCC1=O. The molecule has 1 fully saturated rings. The van der Waals surface area contributed by atoms with Crippen molar-refractivity contribution in [2.24, 2.45) is 0 Å². The first kappa shape index (κ1) is 14.8. The summed E-state index contributed by atoms with van der Waals surface area (Å²) in [5.41, 5.74) is -0.420. The van der Waals surface area contributed by atoms with Gasteiger partial charge in [-0.25, -0.2) is 4.79 Å². The Balaban J connectivity index is 2.22. The summed E-state index contributed by atoms with van der Waals surface area (Å²) >= 11 is 0. The number of amides is 2. The lowest BCUT2D eigenvalue weighted by atomic mass is 10.1. The molecule has 1 rings (SSSR count). The number of ether oxygens (including phenoxy) is 2. The summed E-state index contributed by atoms with van der Waals surface area (Å²) in [6.07, 6.45) is 1.80. The van der Waals surface area contributed by atoms with Gasteiger partial charge in [0, 0.05) is 26.6 Å². The molecule has 0 radical (unpaired) electrons. The molecule has 18 heavy (non-hydrogen) atoms. The highest BCUT2D eigenvalue weighted by molar-refractivity contribution is 5.78. The quantitative estimate of drug-likeness (QED) is 0.725. The smallest absolute Gasteiger partial charge is 0.408 e. The summed E-state index contributed by atoms with van der Waals surface area (Å²) in [7, 11) is 1.49. The van der Waals surface area contributed by atoms with E-state index < -0.39 is 11.7 Å². The number of hydrogen-bond acceptors (Lipinski definition) is 4. The van der Waals surface area contributed by atoms with E-state index in [4.69, 9.17) is 9.47 Å². The van der Waals surface area contributed by atoms with Crippen LogP contribution < -0.4 is 5.32 Å². The average molecular weight is 258 g/mol. The number of carbonyl (C=O) groups excluding carboxylic acids is 2. The first-order valence-corrected chi connectivity index (χ1v) is 6.21. The minimum absolute atomic E-state index is 0.0827. The molecule has 6 heteroatoms. The predicted octanol–water partition coefficient (Wildman–Crippen LogP) is 1.11. The zero-order valence-electron chi connectivity index (χ0n) is 11.3. The third-order valence-electron chi connectivity index (χ3n) is 3.00. The third kappa shape index (κ3) is 4.91. The monoisotopic (exact) mass is 258 g/mol. The fourth-order valence-corrected chi connectivity index (χ4v) is 1.73. The van der Waals surface area contributed by atoms with Crippen molar-refractivity contribution in [3.05, 3.63) is 0 Å². The minimum Gasteiger partial charge on any atom is -0.422 e. The van der Waals surface area contributed by atoms with Crippen molar-refractivity contribution in [1.82, 2.24) is 10.2 Å². The number of alkyl carbamates (subject to hydrolysis) is 1. The Hall–Kier alpha value is -1.30. The lowest BCUT2D eigenvalue weighted by Gasteiger charge is -2.27. The molecule has 1 N–H and O–H groups in total. The van der Waals surface area contributed by atoms with Crippen molar-refractivity contribution >= 4 is 12.0 Å². The van der Waals surface area contributed by atoms with Gasteiger partial charge >= 0.3 is 6.09 Å². The zero-order chi connectivity index (χ0) is 13.6. The van der Waals surface area contributed by atoms with Crippen LogP contribution in [0.3, 0.4) is 0 Å². The molecule has 0 bridgehead atoms. The fourth-order valence-electron chi connectivity index (χ4n) is 1.73. The molecular formula is C12H22N2O4. The number of likely N-dealkylation sites (tertiary alicyclic amines) is 1. The molecule has 104 valence electrons. The Bertz CT molecular complexity index is 304. The Morgan fingerprint density at radius 2 is 2.22 bits per heavy atom. The van der Waals surface area contributed by atoms with Gasteiger partial charge in [-0.05, 0) is 26.7 Å². The van der Waals surface area contributed by atoms with Crippen molar-refractivity contribution in [2.75, 3.05) is 26.9 Å².